The quantitative estimate of drug-likeness (QED) is 0.601. The highest BCUT2D eigenvalue weighted by Crippen LogP contribution is 2.40. The van der Waals surface area contributed by atoms with Gasteiger partial charge < -0.3 is 25.4 Å². The van der Waals surface area contributed by atoms with Gasteiger partial charge in [-0.3, -0.25) is 0 Å². The van der Waals surface area contributed by atoms with Crippen LogP contribution >= 0.6 is 0 Å². The van der Waals surface area contributed by atoms with Crippen LogP contribution in [0.25, 0.3) is 0 Å². The third-order valence-electron chi connectivity index (χ3n) is 5.88. The molecule has 3 rings (SSSR count). The third kappa shape index (κ3) is 6.08. The average molecular weight is 471 g/mol. The van der Waals surface area contributed by atoms with Gasteiger partial charge in [-0.1, -0.05) is 0 Å². The molecule has 3 amide bonds. The normalized spacial score (nSPS) is 23.6. The molecule has 3 atom stereocenters. The molecule has 2 heterocycles. The predicted molar refractivity (Wildman–Crippen MR) is 113 cm³/mol. The molecule has 33 heavy (non-hydrogen) atoms. The number of urea groups is 1. The van der Waals surface area contributed by atoms with Crippen LogP contribution in [0.5, 0.6) is 0 Å². The number of carboxylic acids is 1. The molecule has 2 unspecified atom stereocenters. The Morgan fingerprint density at radius 3 is 2.06 bits per heavy atom. The first-order valence-electron chi connectivity index (χ1n) is 10.7. The predicted octanol–water partition coefficient (Wildman–Crippen LogP) is 4.46. The number of fused-ring (bicyclic) bond motifs is 2. The summed E-state index contributed by atoms with van der Waals surface area (Å²) in [6.07, 6.45) is -3.16. The standard InChI is InChI=1S/C22H28F3N3O5/c1-21(2,3)33-20(32)27-17(18(29)30)12-10-15-8-9-16(11-12)28(15)19(31)26-14-6-4-13(5-7-14)22(23,24)25/h4-7,12,15-17H,8-11H2,1-3H3,(H,26,31)(H,27,32)(H,29,30)/t12?,15?,16?,17-/m0/s1. The Morgan fingerprint density at radius 1 is 1.06 bits per heavy atom. The molecule has 0 aliphatic carbocycles. The fraction of sp³-hybridized carbons (Fsp3) is 0.591. The molecule has 11 heteroatoms. The lowest BCUT2D eigenvalue weighted by Crippen LogP contribution is -2.55. The number of ether oxygens (including phenoxy) is 1. The molecule has 1 aromatic rings. The summed E-state index contributed by atoms with van der Waals surface area (Å²) >= 11 is 0. The van der Waals surface area contributed by atoms with Gasteiger partial charge in [-0.25, -0.2) is 14.4 Å². The monoisotopic (exact) mass is 471 g/mol. The topological polar surface area (TPSA) is 108 Å². The summed E-state index contributed by atoms with van der Waals surface area (Å²) < 4.78 is 43.4. The van der Waals surface area contributed by atoms with E-state index in [1.807, 2.05) is 0 Å². The average Bonchev–Trinajstić information content (AvgIpc) is 2.94. The molecular weight excluding hydrogens is 443 g/mol. The number of alkyl halides is 3. The van der Waals surface area contributed by atoms with E-state index in [0.717, 1.165) is 12.1 Å². The Hall–Kier alpha value is -2.98. The van der Waals surface area contributed by atoms with Crippen molar-refractivity contribution >= 4 is 23.8 Å². The van der Waals surface area contributed by atoms with Crippen LogP contribution < -0.4 is 10.6 Å². The summed E-state index contributed by atoms with van der Waals surface area (Å²) in [5.41, 5.74) is -1.34. The highest BCUT2D eigenvalue weighted by atomic mass is 19.4. The van der Waals surface area contributed by atoms with Crippen LogP contribution in [0.15, 0.2) is 24.3 Å². The van der Waals surface area contributed by atoms with Gasteiger partial charge >= 0.3 is 24.3 Å². The van der Waals surface area contributed by atoms with Crippen molar-refractivity contribution < 1.29 is 37.4 Å². The molecule has 3 N–H and O–H groups in total. The van der Waals surface area contributed by atoms with Crippen molar-refractivity contribution in [2.75, 3.05) is 5.32 Å². The molecule has 0 radical (unpaired) electrons. The van der Waals surface area contributed by atoms with Crippen molar-refractivity contribution in [2.45, 2.75) is 76.4 Å². The number of hydrogen-bond donors (Lipinski definition) is 3. The van der Waals surface area contributed by atoms with E-state index in [2.05, 4.69) is 10.6 Å². The van der Waals surface area contributed by atoms with Crippen LogP contribution in [0.4, 0.5) is 28.4 Å². The van der Waals surface area contributed by atoms with E-state index in [-0.39, 0.29) is 23.7 Å². The Balaban J connectivity index is 1.64. The van der Waals surface area contributed by atoms with Crippen LogP contribution in [0.2, 0.25) is 0 Å². The Labute approximate surface area is 189 Å². The zero-order chi connectivity index (χ0) is 24.6. The van der Waals surface area contributed by atoms with E-state index in [0.29, 0.717) is 25.7 Å². The van der Waals surface area contributed by atoms with Crippen LogP contribution in [0, 0.1) is 5.92 Å². The summed E-state index contributed by atoms with van der Waals surface area (Å²) in [5, 5.41) is 14.7. The Morgan fingerprint density at radius 2 is 1.61 bits per heavy atom. The molecule has 8 nitrogen and oxygen atoms in total. The third-order valence-corrected chi connectivity index (χ3v) is 5.88. The summed E-state index contributed by atoms with van der Waals surface area (Å²) in [5.74, 6) is -1.56. The number of anilines is 1. The van der Waals surface area contributed by atoms with E-state index < -0.39 is 41.5 Å². The minimum Gasteiger partial charge on any atom is -0.480 e. The van der Waals surface area contributed by atoms with Gasteiger partial charge in [0.25, 0.3) is 0 Å². The molecular formula is C22H28F3N3O5. The summed E-state index contributed by atoms with van der Waals surface area (Å²) in [6, 6.07) is 2.14. The van der Waals surface area contributed by atoms with E-state index in [1.165, 1.54) is 12.1 Å². The maximum Gasteiger partial charge on any atom is 0.416 e. The van der Waals surface area contributed by atoms with Crippen LogP contribution in [0.1, 0.15) is 52.0 Å². The number of carboxylic acid groups (broad SMARTS) is 1. The number of hydrogen-bond acceptors (Lipinski definition) is 4. The second kappa shape index (κ2) is 9.11. The minimum absolute atomic E-state index is 0.231. The fourth-order valence-corrected chi connectivity index (χ4v) is 4.57. The number of piperidine rings is 1. The second-order valence-electron chi connectivity index (χ2n) is 9.49. The van der Waals surface area contributed by atoms with Crippen LogP contribution in [-0.4, -0.2) is 51.8 Å². The van der Waals surface area contributed by atoms with Gasteiger partial charge in [-0.15, -0.1) is 0 Å². The molecule has 2 aliphatic rings. The van der Waals surface area contributed by atoms with Gasteiger partial charge in [0.1, 0.15) is 11.6 Å². The minimum atomic E-state index is -4.46. The van der Waals surface area contributed by atoms with Crippen molar-refractivity contribution in [1.82, 2.24) is 10.2 Å². The molecule has 182 valence electrons. The molecule has 2 bridgehead atoms. The molecule has 0 saturated carbocycles. The molecule has 1 aromatic carbocycles. The lowest BCUT2D eigenvalue weighted by Gasteiger charge is -2.40. The SMILES string of the molecule is CC(C)(C)OC(=O)N[C@H](C(=O)O)C1CC2CCC(C1)N2C(=O)Nc1ccc(C(F)(F)F)cc1. The summed E-state index contributed by atoms with van der Waals surface area (Å²) in [4.78, 5) is 38.4. The van der Waals surface area contributed by atoms with Crippen molar-refractivity contribution in [3.63, 3.8) is 0 Å². The Bertz CT molecular complexity index is 884. The number of aliphatic carboxylic acids is 1. The van der Waals surface area contributed by atoms with E-state index in [1.54, 1.807) is 25.7 Å². The van der Waals surface area contributed by atoms with Crippen molar-refractivity contribution in [2.24, 2.45) is 5.92 Å². The zero-order valence-electron chi connectivity index (χ0n) is 18.6. The maximum absolute atomic E-state index is 12.8. The maximum atomic E-state index is 12.8. The molecule has 2 fully saturated rings. The fourth-order valence-electron chi connectivity index (χ4n) is 4.57. The highest BCUT2D eigenvalue weighted by Gasteiger charge is 2.47. The number of nitrogens with zero attached hydrogens (tertiary/aromatic N) is 1. The van der Waals surface area contributed by atoms with E-state index >= 15 is 0 Å². The Kier molecular flexibility index (Phi) is 6.80. The van der Waals surface area contributed by atoms with Gasteiger partial charge in [0.2, 0.25) is 0 Å². The first kappa shape index (κ1) is 24.7. The number of nitrogens with one attached hydrogen (secondary N) is 2. The highest BCUT2D eigenvalue weighted by molar-refractivity contribution is 5.90. The molecule has 0 aromatic heterocycles. The molecule has 2 aliphatic heterocycles. The first-order chi connectivity index (χ1) is 15.2. The van der Waals surface area contributed by atoms with Crippen LogP contribution in [-0.2, 0) is 15.7 Å². The molecule has 0 spiro atoms. The smallest absolute Gasteiger partial charge is 0.416 e. The van der Waals surface area contributed by atoms with Crippen molar-refractivity contribution in [3.05, 3.63) is 29.8 Å². The number of carbonyl (C=O) groups excluding carboxylic acids is 2. The van der Waals surface area contributed by atoms with Gasteiger partial charge in [-0.2, -0.15) is 13.2 Å². The number of carbonyl (C=O) groups is 3. The lowest BCUT2D eigenvalue weighted by atomic mass is 9.85. The largest absolute Gasteiger partial charge is 0.480 e. The zero-order valence-corrected chi connectivity index (χ0v) is 18.6. The number of rotatable bonds is 4. The lowest BCUT2D eigenvalue weighted by molar-refractivity contribution is -0.141. The van der Waals surface area contributed by atoms with E-state index in [9.17, 15) is 32.7 Å². The summed E-state index contributed by atoms with van der Waals surface area (Å²) in [7, 11) is 0. The van der Waals surface area contributed by atoms with Gasteiger partial charge in [0.15, 0.2) is 0 Å². The first-order valence-corrected chi connectivity index (χ1v) is 10.7. The van der Waals surface area contributed by atoms with Crippen LogP contribution in [0.3, 0.4) is 0 Å². The molecule has 2 saturated heterocycles. The second-order valence-corrected chi connectivity index (χ2v) is 9.49. The van der Waals surface area contributed by atoms with E-state index in [4.69, 9.17) is 4.74 Å². The number of amides is 3. The van der Waals surface area contributed by atoms with Gasteiger partial charge in [0.05, 0.1) is 5.56 Å². The van der Waals surface area contributed by atoms with Gasteiger partial charge in [-0.05, 0) is 76.6 Å². The van der Waals surface area contributed by atoms with Gasteiger partial charge in [0, 0.05) is 17.8 Å². The number of halogens is 3. The number of alkyl carbamates (subject to hydrolysis) is 1. The summed E-state index contributed by atoms with van der Waals surface area (Å²) in [6.45, 7) is 5.03. The van der Waals surface area contributed by atoms with Crippen molar-refractivity contribution in [1.29, 1.82) is 0 Å². The van der Waals surface area contributed by atoms with Crippen molar-refractivity contribution in [3.8, 4) is 0 Å². The number of benzene rings is 1.